The first-order valence-electron chi connectivity index (χ1n) is 7.86. The van der Waals surface area contributed by atoms with E-state index >= 15 is 0 Å². The third-order valence-electron chi connectivity index (χ3n) is 3.77. The van der Waals surface area contributed by atoms with Crippen molar-refractivity contribution in [2.45, 2.75) is 19.9 Å². The van der Waals surface area contributed by atoms with Crippen LogP contribution in [0, 0.1) is 6.92 Å². The fourth-order valence-electron chi connectivity index (χ4n) is 2.54. The van der Waals surface area contributed by atoms with Gasteiger partial charge in [-0.3, -0.25) is 4.79 Å². The van der Waals surface area contributed by atoms with Gasteiger partial charge in [0.25, 0.3) is 0 Å². The van der Waals surface area contributed by atoms with E-state index in [1.165, 1.54) is 4.88 Å². The number of carbonyl (C=O) groups excluding carboxylic acids is 1. The number of aryl methyl sites for hydroxylation is 1. The molecule has 3 aromatic rings. The zero-order valence-corrected chi connectivity index (χ0v) is 14.6. The SMILES string of the molecule is Cc1cc2c(NCCC(=O)N(C)Cc3ccccc3)ncnc2s1. The predicted octanol–water partition coefficient (Wildman–Crippen LogP) is 3.46. The summed E-state index contributed by atoms with van der Waals surface area (Å²) in [6.45, 7) is 3.23. The fourth-order valence-corrected chi connectivity index (χ4v) is 3.39. The van der Waals surface area contributed by atoms with Gasteiger partial charge in [-0.2, -0.15) is 0 Å². The van der Waals surface area contributed by atoms with Crippen LogP contribution in [0.2, 0.25) is 0 Å². The van der Waals surface area contributed by atoms with E-state index in [9.17, 15) is 4.79 Å². The monoisotopic (exact) mass is 340 g/mol. The first-order valence-corrected chi connectivity index (χ1v) is 8.68. The van der Waals surface area contributed by atoms with Gasteiger partial charge in [0.1, 0.15) is 17.0 Å². The Morgan fingerprint density at radius 2 is 2.04 bits per heavy atom. The van der Waals surface area contributed by atoms with Gasteiger partial charge in [-0.15, -0.1) is 11.3 Å². The van der Waals surface area contributed by atoms with Gasteiger partial charge in [-0.25, -0.2) is 9.97 Å². The molecule has 5 nitrogen and oxygen atoms in total. The number of hydrogen-bond acceptors (Lipinski definition) is 5. The average Bonchev–Trinajstić information content (AvgIpc) is 2.96. The zero-order chi connectivity index (χ0) is 16.9. The van der Waals surface area contributed by atoms with Crippen LogP contribution in [0.15, 0.2) is 42.7 Å². The number of anilines is 1. The molecule has 124 valence electrons. The zero-order valence-electron chi connectivity index (χ0n) is 13.8. The standard InChI is InChI=1S/C18H20N4OS/c1-13-10-15-17(20-12-21-18(15)24-13)19-9-8-16(23)22(2)11-14-6-4-3-5-7-14/h3-7,10,12H,8-9,11H2,1-2H3,(H,19,20,21). The second-order valence-electron chi connectivity index (χ2n) is 5.71. The van der Waals surface area contributed by atoms with Crippen molar-refractivity contribution in [3.63, 3.8) is 0 Å². The maximum absolute atomic E-state index is 12.3. The highest BCUT2D eigenvalue weighted by Crippen LogP contribution is 2.27. The molecule has 0 aliphatic rings. The maximum atomic E-state index is 12.3. The van der Waals surface area contributed by atoms with Gasteiger partial charge in [0, 0.05) is 31.4 Å². The van der Waals surface area contributed by atoms with Gasteiger partial charge in [0.2, 0.25) is 5.91 Å². The van der Waals surface area contributed by atoms with E-state index in [2.05, 4.69) is 28.3 Å². The molecule has 0 aliphatic carbocycles. The highest BCUT2D eigenvalue weighted by molar-refractivity contribution is 7.18. The highest BCUT2D eigenvalue weighted by atomic mass is 32.1. The summed E-state index contributed by atoms with van der Waals surface area (Å²) in [6, 6.07) is 12.1. The van der Waals surface area contributed by atoms with E-state index in [-0.39, 0.29) is 5.91 Å². The van der Waals surface area contributed by atoms with E-state index in [1.807, 2.05) is 37.4 Å². The number of carbonyl (C=O) groups is 1. The summed E-state index contributed by atoms with van der Waals surface area (Å²) >= 11 is 1.65. The number of aromatic nitrogens is 2. The van der Waals surface area contributed by atoms with Gasteiger partial charge < -0.3 is 10.2 Å². The van der Waals surface area contributed by atoms with Crippen molar-refractivity contribution in [2.24, 2.45) is 0 Å². The molecule has 0 saturated carbocycles. The lowest BCUT2D eigenvalue weighted by molar-refractivity contribution is -0.130. The molecule has 3 rings (SSSR count). The molecule has 1 amide bonds. The van der Waals surface area contributed by atoms with Crippen LogP contribution in [0.4, 0.5) is 5.82 Å². The van der Waals surface area contributed by atoms with E-state index in [0.29, 0.717) is 19.5 Å². The van der Waals surface area contributed by atoms with Crippen LogP contribution in [0.5, 0.6) is 0 Å². The summed E-state index contributed by atoms with van der Waals surface area (Å²) in [5.41, 5.74) is 1.13. The lowest BCUT2D eigenvalue weighted by Crippen LogP contribution is -2.27. The maximum Gasteiger partial charge on any atom is 0.224 e. The second-order valence-corrected chi connectivity index (χ2v) is 6.95. The molecule has 1 aromatic carbocycles. The number of rotatable bonds is 6. The molecule has 0 atom stereocenters. The molecule has 0 fully saturated rings. The van der Waals surface area contributed by atoms with Crippen molar-refractivity contribution in [2.75, 3.05) is 18.9 Å². The van der Waals surface area contributed by atoms with Crippen molar-refractivity contribution in [1.29, 1.82) is 0 Å². The number of nitrogens with one attached hydrogen (secondary N) is 1. The highest BCUT2D eigenvalue weighted by Gasteiger charge is 2.10. The Labute approximate surface area is 145 Å². The first kappa shape index (κ1) is 16.4. The molecule has 0 saturated heterocycles. The Morgan fingerprint density at radius 3 is 2.83 bits per heavy atom. The molecule has 0 spiro atoms. The normalized spacial score (nSPS) is 10.8. The van der Waals surface area contributed by atoms with Crippen molar-refractivity contribution in [3.8, 4) is 0 Å². The number of amides is 1. The summed E-state index contributed by atoms with van der Waals surface area (Å²) in [7, 11) is 1.83. The lowest BCUT2D eigenvalue weighted by Gasteiger charge is -2.17. The largest absolute Gasteiger partial charge is 0.369 e. The molecule has 0 bridgehead atoms. The molecule has 2 heterocycles. The molecule has 0 unspecified atom stereocenters. The molecule has 0 radical (unpaired) electrons. The van der Waals surface area contributed by atoms with E-state index in [1.54, 1.807) is 22.6 Å². The molecular formula is C18H20N4OS. The van der Waals surface area contributed by atoms with Gasteiger partial charge in [-0.1, -0.05) is 30.3 Å². The second kappa shape index (κ2) is 7.40. The summed E-state index contributed by atoms with van der Waals surface area (Å²) < 4.78 is 0. The van der Waals surface area contributed by atoms with Gasteiger partial charge in [-0.05, 0) is 18.6 Å². The van der Waals surface area contributed by atoms with Crippen LogP contribution < -0.4 is 5.32 Å². The number of nitrogens with zero attached hydrogens (tertiary/aromatic N) is 3. The fraction of sp³-hybridized carbons (Fsp3) is 0.278. The Kier molecular flexibility index (Phi) is 5.05. The van der Waals surface area contributed by atoms with Gasteiger partial charge >= 0.3 is 0 Å². The average molecular weight is 340 g/mol. The Bertz CT molecular complexity index is 831. The number of thiophene rings is 1. The van der Waals surface area contributed by atoms with E-state index in [4.69, 9.17) is 0 Å². The summed E-state index contributed by atoms with van der Waals surface area (Å²) in [6.07, 6.45) is 1.99. The van der Waals surface area contributed by atoms with E-state index in [0.717, 1.165) is 21.6 Å². The van der Waals surface area contributed by atoms with Crippen molar-refractivity contribution >= 4 is 33.3 Å². The van der Waals surface area contributed by atoms with Crippen molar-refractivity contribution < 1.29 is 4.79 Å². The van der Waals surface area contributed by atoms with Gasteiger partial charge in [0.15, 0.2) is 0 Å². The third-order valence-corrected chi connectivity index (χ3v) is 4.73. The van der Waals surface area contributed by atoms with Crippen LogP contribution in [-0.2, 0) is 11.3 Å². The first-order chi connectivity index (χ1) is 11.6. The number of hydrogen-bond donors (Lipinski definition) is 1. The van der Waals surface area contributed by atoms with Crippen LogP contribution >= 0.6 is 11.3 Å². The summed E-state index contributed by atoms with van der Waals surface area (Å²) in [4.78, 5) is 24.7. The molecule has 2 aromatic heterocycles. The number of benzene rings is 1. The Hall–Kier alpha value is -2.47. The molecular weight excluding hydrogens is 320 g/mol. The molecule has 0 aliphatic heterocycles. The van der Waals surface area contributed by atoms with Crippen LogP contribution in [0.3, 0.4) is 0 Å². The topological polar surface area (TPSA) is 58.1 Å². The van der Waals surface area contributed by atoms with Crippen molar-refractivity contribution in [1.82, 2.24) is 14.9 Å². The van der Waals surface area contributed by atoms with Gasteiger partial charge in [0.05, 0.1) is 5.39 Å². The third kappa shape index (κ3) is 3.89. The molecule has 24 heavy (non-hydrogen) atoms. The summed E-state index contributed by atoms with van der Waals surface area (Å²) in [5, 5.41) is 4.28. The number of fused-ring (bicyclic) bond motifs is 1. The van der Waals surface area contributed by atoms with Crippen molar-refractivity contribution in [3.05, 3.63) is 53.2 Å². The van der Waals surface area contributed by atoms with Crippen LogP contribution in [-0.4, -0.2) is 34.4 Å². The van der Waals surface area contributed by atoms with Crippen LogP contribution in [0.25, 0.3) is 10.2 Å². The van der Waals surface area contributed by atoms with E-state index < -0.39 is 0 Å². The quantitative estimate of drug-likeness (QED) is 0.746. The minimum absolute atomic E-state index is 0.109. The Balaban J connectivity index is 1.54. The summed E-state index contributed by atoms with van der Waals surface area (Å²) in [5.74, 6) is 0.904. The molecule has 6 heteroatoms. The Morgan fingerprint density at radius 1 is 1.25 bits per heavy atom. The lowest BCUT2D eigenvalue weighted by atomic mass is 10.2. The molecule has 1 N–H and O–H groups in total. The predicted molar refractivity (Wildman–Crippen MR) is 98.2 cm³/mol. The van der Waals surface area contributed by atoms with Crippen LogP contribution in [0.1, 0.15) is 16.9 Å². The minimum Gasteiger partial charge on any atom is -0.369 e. The minimum atomic E-state index is 0.109. The smallest absolute Gasteiger partial charge is 0.224 e.